The van der Waals surface area contributed by atoms with Crippen molar-refractivity contribution in [1.82, 2.24) is 9.88 Å². The van der Waals surface area contributed by atoms with Crippen LogP contribution in [0.25, 0.3) is 11.1 Å². The molecule has 2 aliphatic heterocycles. The van der Waals surface area contributed by atoms with Crippen LogP contribution >= 0.6 is 0 Å². The monoisotopic (exact) mass is 366 g/mol. The summed E-state index contributed by atoms with van der Waals surface area (Å²) in [6.07, 6.45) is 1.60. The van der Waals surface area contributed by atoms with Gasteiger partial charge in [-0.2, -0.15) is 0 Å². The fourth-order valence-electron chi connectivity index (χ4n) is 3.93. The Morgan fingerprint density at radius 1 is 1.26 bits per heavy atom. The summed E-state index contributed by atoms with van der Waals surface area (Å²) in [5, 5.41) is 12.0. The van der Waals surface area contributed by atoms with Crippen LogP contribution in [0.1, 0.15) is 24.8 Å². The van der Waals surface area contributed by atoms with Gasteiger partial charge in [0.05, 0.1) is 5.92 Å². The molecule has 0 bridgehead atoms. The lowest BCUT2D eigenvalue weighted by Gasteiger charge is -2.34. The fraction of sp³-hybridized carbons (Fsp3) is 0.350. The second-order valence-corrected chi connectivity index (χ2v) is 6.88. The first-order valence-corrected chi connectivity index (χ1v) is 9.21. The molecule has 1 unspecified atom stereocenters. The molecule has 3 heterocycles. The number of carbonyl (C=O) groups excluding carboxylic acids is 1. The zero-order chi connectivity index (χ0) is 19.0. The number of pyridine rings is 1. The molecular formula is C20H22N4O3. The number of aromatic nitrogens is 1. The number of benzene rings is 1. The Morgan fingerprint density at radius 2 is 2.04 bits per heavy atom. The highest BCUT2D eigenvalue weighted by Crippen LogP contribution is 2.40. The normalized spacial score (nSPS) is 19.0. The highest BCUT2D eigenvalue weighted by Gasteiger charge is 2.32. The van der Waals surface area contributed by atoms with E-state index in [1.807, 2.05) is 31.2 Å². The molecule has 1 fully saturated rings. The highest BCUT2D eigenvalue weighted by molar-refractivity contribution is 6.04. The number of anilines is 2. The van der Waals surface area contributed by atoms with Gasteiger partial charge in [0.1, 0.15) is 5.82 Å². The molecule has 4 rings (SSSR count). The maximum atomic E-state index is 12.2. The molecule has 140 valence electrons. The van der Waals surface area contributed by atoms with E-state index in [9.17, 15) is 9.59 Å². The Morgan fingerprint density at radius 3 is 2.74 bits per heavy atom. The van der Waals surface area contributed by atoms with Crippen LogP contribution in [-0.4, -0.2) is 53.2 Å². The van der Waals surface area contributed by atoms with Gasteiger partial charge in [-0.05, 0) is 35.7 Å². The van der Waals surface area contributed by atoms with E-state index in [4.69, 9.17) is 5.11 Å². The van der Waals surface area contributed by atoms with Crippen molar-refractivity contribution < 1.29 is 14.7 Å². The molecule has 1 atom stereocenters. The first kappa shape index (κ1) is 17.3. The molecule has 7 nitrogen and oxygen atoms in total. The third-order valence-electron chi connectivity index (χ3n) is 5.38. The quantitative estimate of drug-likeness (QED) is 0.872. The molecule has 1 saturated heterocycles. The summed E-state index contributed by atoms with van der Waals surface area (Å²) in [4.78, 5) is 31.3. The van der Waals surface area contributed by atoms with Crippen LogP contribution in [0, 0.1) is 0 Å². The number of carbonyl (C=O) groups is 2. The number of hydrogen-bond donors (Lipinski definition) is 2. The van der Waals surface area contributed by atoms with Gasteiger partial charge in [-0.25, -0.2) is 9.78 Å². The standard InChI is InChI=1S/C20H22N4O3/c1-2-15-17-16(6-7-21-18(17)22-19(15)25)13-4-3-5-14(12-13)23-8-10-24(11-9-23)20(26)27/h3-7,12,15H,2,8-11H2,1H3,(H,26,27)(H,21,22,25). The third-order valence-corrected chi connectivity index (χ3v) is 5.38. The van der Waals surface area contributed by atoms with Crippen LogP contribution in [0.15, 0.2) is 36.5 Å². The zero-order valence-corrected chi connectivity index (χ0v) is 15.2. The van der Waals surface area contributed by atoms with Crippen LogP contribution in [-0.2, 0) is 4.79 Å². The van der Waals surface area contributed by atoms with Crippen molar-refractivity contribution >= 4 is 23.5 Å². The molecule has 0 radical (unpaired) electrons. The molecule has 7 heteroatoms. The van der Waals surface area contributed by atoms with Gasteiger partial charge in [0, 0.05) is 43.6 Å². The zero-order valence-electron chi connectivity index (χ0n) is 15.2. The number of rotatable bonds is 3. The minimum absolute atomic E-state index is 0.00778. The molecule has 27 heavy (non-hydrogen) atoms. The molecule has 0 saturated carbocycles. The van der Waals surface area contributed by atoms with Gasteiger partial charge >= 0.3 is 6.09 Å². The molecule has 2 aliphatic rings. The van der Waals surface area contributed by atoms with E-state index in [-0.39, 0.29) is 11.8 Å². The lowest BCUT2D eigenvalue weighted by Crippen LogP contribution is -2.48. The first-order valence-electron chi connectivity index (χ1n) is 9.21. The number of hydrogen-bond acceptors (Lipinski definition) is 4. The van der Waals surface area contributed by atoms with Crippen LogP contribution in [0.3, 0.4) is 0 Å². The van der Waals surface area contributed by atoms with Crippen molar-refractivity contribution in [1.29, 1.82) is 0 Å². The largest absolute Gasteiger partial charge is 0.465 e. The lowest BCUT2D eigenvalue weighted by molar-refractivity contribution is -0.117. The number of nitrogens with zero attached hydrogens (tertiary/aromatic N) is 3. The Balaban J connectivity index is 1.64. The minimum Gasteiger partial charge on any atom is -0.465 e. The van der Waals surface area contributed by atoms with Crippen molar-refractivity contribution in [3.8, 4) is 11.1 Å². The number of carboxylic acid groups (broad SMARTS) is 1. The van der Waals surface area contributed by atoms with E-state index in [0.717, 1.165) is 28.8 Å². The van der Waals surface area contributed by atoms with Crippen LogP contribution in [0.2, 0.25) is 0 Å². The summed E-state index contributed by atoms with van der Waals surface area (Å²) in [6.45, 7) is 4.35. The number of amides is 2. The maximum absolute atomic E-state index is 12.2. The second kappa shape index (κ2) is 6.90. The van der Waals surface area contributed by atoms with Crippen molar-refractivity contribution in [2.75, 3.05) is 36.4 Å². The van der Waals surface area contributed by atoms with Crippen molar-refractivity contribution in [3.63, 3.8) is 0 Å². The van der Waals surface area contributed by atoms with Crippen molar-refractivity contribution in [3.05, 3.63) is 42.1 Å². The Labute approximate surface area is 157 Å². The summed E-state index contributed by atoms with van der Waals surface area (Å²) in [7, 11) is 0. The summed E-state index contributed by atoms with van der Waals surface area (Å²) < 4.78 is 0. The average molecular weight is 366 g/mol. The van der Waals surface area contributed by atoms with Gasteiger partial charge in [0.15, 0.2) is 0 Å². The average Bonchev–Trinajstić information content (AvgIpc) is 3.03. The topological polar surface area (TPSA) is 85.8 Å². The smallest absolute Gasteiger partial charge is 0.407 e. The Kier molecular flexibility index (Phi) is 4.43. The van der Waals surface area contributed by atoms with Crippen LogP contribution in [0.5, 0.6) is 0 Å². The minimum atomic E-state index is -0.862. The van der Waals surface area contributed by atoms with Gasteiger partial charge in [0.25, 0.3) is 0 Å². The molecule has 0 aliphatic carbocycles. The summed E-state index contributed by atoms with van der Waals surface area (Å²) in [5.74, 6) is 0.490. The summed E-state index contributed by atoms with van der Waals surface area (Å²) in [5.41, 5.74) is 4.10. The SMILES string of the molecule is CCC1C(=O)Nc2nccc(-c3cccc(N4CCN(C(=O)O)CC4)c3)c21. The summed E-state index contributed by atoms with van der Waals surface area (Å²) in [6, 6.07) is 10.2. The predicted octanol–water partition coefficient (Wildman–Crippen LogP) is 2.99. The highest BCUT2D eigenvalue weighted by atomic mass is 16.4. The van der Waals surface area contributed by atoms with Gasteiger partial charge in [-0.1, -0.05) is 19.1 Å². The Hall–Kier alpha value is -3.09. The van der Waals surface area contributed by atoms with Crippen molar-refractivity contribution in [2.24, 2.45) is 0 Å². The molecule has 2 amide bonds. The second-order valence-electron chi connectivity index (χ2n) is 6.88. The number of piperazine rings is 1. The molecule has 1 aromatic heterocycles. The van der Waals surface area contributed by atoms with Crippen LogP contribution in [0.4, 0.5) is 16.3 Å². The number of fused-ring (bicyclic) bond motifs is 1. The van der Waals surface area contributed by atoms with Gasteiger partial charge in [0.2, 0.25) is 5.91 Å². The van der Waals surface area contributed by atoms with Crippen LogP contribution < -0.4 is 10.2 Å². The van der Waals surface area contributed by atoms with Gasteiger partial charge in [-0.3, -0.25) is 4.79 Å². The van der Waals surface area contributed by atoms with E-state index < -0.39 is 6.09 Å². The number of nitrogens with one attached hydrogen (secondary N) is 1. The maximum Gasteiger partial charge on any atom is 0.407 e. The summed E-state index contributed by atoms with van der Waals surface area (Å²) >= 11 is 0. The first-order chi connectivity index (χ1) is 13.1. The van der Waals surface area contributed by atoms with E-state index >= 15 is 0 Å². The molecule has 2 N–H and O–H groups in total. The molecular weight excluding hydrogens is 344 g/mol. The molecule has 0 spiro atoms. The fourth-order valence-corrected chi connectivity index (χ4v) is 3.93. The molecule has 1 aromatic carbocycles. The lowest BCUT2D eigenvalue weighted by atomic mass is 9.91. The van der Waals surface area contributed by atoms with E-state index in [0.29, 0.717) is 32.0 Å². The Bertz CT molecular complexity index is 891. The molecule has 2 aromatic rings. The van der Waals surface area contributed by atoms with Gasteiger partial charge < -0.3 is 20.2 Å². The van der Waals surface area contributed by atoms with Crippen molar-refractivity contribution in [2.45, 2.75) is 19.3 Å². The van der Waals surface area contributed by atoms with E-state index in [1.165, 1.54) is 4.90 Å². The van der Waals surface area contributed by atoms with Gasteiger partial charge in [-0.15, -0.1) is 0 Å². The van der Waals surface area contributed by atoms with E-state index in [2.05, 4.69) is 21.3 Å². The predicted molar refractivity (Wildman–Crippen MR) is 103 cm³/mol. The van der Waals surface area contributed by atoms with E-state index in [1.54, 1.807) is 6.20 Å². The third kappa shape index (κ3) is 3.09.